The minimum Gasteiger partial charge on any atom is -0.393 e. The monoisotopic (exact) mass is 218 g/mol. The van der Waals surface area contributed by atoms with E-state index in [0.29, 0.717) is 6.42 Å². The van der Waals surface area contributed by atoms with E-state index in [9.17, 15) is 5.11 Å². The SMILES string of the molecule is C=C(CC(O)CCCCC)c1ccccc1. The molecule has 0 saturated heterocycles. The van der Waals surface area contributed by atoms with Gasteiger partial charge in [-0.1, -0.05) is 63.1 Å². The van der Waals surface area contributed by atoms with Crippen LogP contribution in [-0.2, 0) is 0 Å². The van der Waals surface area contributed by atoms with Crippen molar-refractivity contribution in [3.8, 4) is 0 Å². The van der Waals surface area contributed by atoms with Gasteiger partial charge in [0.05, 0.1) is 6.10 Å². The molecule has 0 spiro atoms. The third-order valence-electron chi connectivity index (χ3n) is 2.80. The lowest BCUT2D eigenvalue weighted by molar-refractivity contribution is 0.166. The molecule has 0 aliphatic carbocycles. The minimum atomic E-state index is -0.237. The van der Waals surface area contributed by atoms with Crippen molar-refractivity contribution in [3.63, 3.8) is 0 Å². The van der Waals surface area contributed by atoms with Crippen LogP contribution in [0, 0.1) is 0 Å². The molecule has 1 unspecified atom stereocenters. The molecular formula is C15H22O. The van der Waals surface area contributed by atoms with Crippen LogP contribution in [0.15, 0.2) is 36.9 Å². The Morgan fingerprint density at radius 3 is 2.56 bits per heavy atom. The number of aliphatic hydroxyl groups is 1. The zero-order chi connectivity index (χ0) is 11.8. The zero-order valence-corrected chi connectivity index (χ0v) is 10.2. The van der Waals surface area contributed by atoms with Crippen LogP contribution in [0.3, 0.4) is 0 Å². The van der Waals surface area contributed by atoms with Crippen LogP contribution in [0.1, 0.15) is 44.6 Å². The summed E-state index contributed by atoms with van der Waals surface area (Å²) in [6.45, 7) is 6.21. The normalized spacial score (nSPS) is 12.4. The second kappa shape index (κ2) is 7.24. The van der Waals surface area contributed by atoms with E-state index in [1.165, 1.54) is 12.8 Å². The van der Waals surface area contributed by atoms with Gasteiger partial charge in [-0.15, -0.1) is 0 Å². The average Bonchev–Trinajstić information content (AvgIpc) is 2.30. The van der Waals surface area contributed by atoms with Crippen molar-refractivity contribution in [2.75, 3.05) is 0 Å². The summed E-state index contributed by atoms with van der Waals surface area (Å²) < 4.78 is 0. The second-order valence-corrected chi connectivity index (χ2v) is 4.32. The maximum Gasteiger partial charge on any atom is 0.0580 e. The van der Waals surface area contributed by atoms with E-state index in [1.807, 2.05) is 30.3 Å². The standard InChI is InChI=1S/C15H22O/c1-3-4-6-11-15(16)12-13(2)14-9-7-5-8-10-14/h5,7-10,15-16H,2-4,6,11-12H2,1H3. The minimum absolute atomic E-state index is 0.237. The van der Waals surface area contributed by atoms with Crippen molar-refractivity contribution in [2.24, 2.45) is 0 Å². The topological polar surface area (TPSA) is 20.2 Å². The van der Waals surface area contributed by atoms with E-state index in [-0.39, 0.29) is 6.10 Å². The summed E-state index contributed by atoms with van der Waals surface area (Å²) in [7, 11) is 0. The first-order chi connectivity index (χ1) is 7.74. The molecule has 0 bridgehead atoms. The average molecular weight is 218 g/mol. The molecule has 1 aromatic carbocycles. The molecule has 0 heterocycles. The van der Waals surface area contributed by atoms with Crippen LogP contribution >= 0.6 is 0 Å². The lowest BCUT2D eigenvalue weighted by Gasteiger charge is -2.12. The summed E-state index contributed by atoms with van der Waals surface area (Å²) in [5.41, 5.74) is 2.17. The summed E-state index contributed by atoms with van der Waals surface area (Å²) in [5.74, 6) is 0. The molecule has 1 aromatic rings. The molecule has 0 aliphatic heterocycles. The highest BCUT2D eigenvalue weighted by Gasteiger charge is 2.07. The third-order valence-corrected chi connectivity index (χ3v) is 2.80. The van der Waals surface area contributed by atoms with E-state index >= 15 is 0 Å². The Morgan fingerprint density at radius 1 is 1.25 bits per heavy atom. The summed E-state index contributed by atoms with van der Waals surface area (Å²) in [4.78, 5) is 0. The first kappa shape index (κ1) is 13.0. The maximum atomic E-state index is 9.85. The Labute approximate surface area is 98.8 Å². The van der Waals surface area contributed by atoms with Gasteiger partial charge in [-0.3, -0.25) is 0 Å². The van der Waals surface area contributed by atoms with Crippen LogP contribution in [0.2, 0.25) is 0 Å². The highest BCUT2D eigenvalue weighted by atomic mass is 16.3. The third kappa shape index (κ3) is 4.63. The predicted octanol–water partition coefficient (Wildman–Crippen LogP) is 4.03. The van der Waals surface area contributed by atoms with Gasteiger partial charge < -0.3 is 5.11 Å². The van der Waals surface area contributed by atoms with Gasteiger partial charge in [0.2, 0.25) is 0 Å². The smallest absolute Gasteiger partial charge is 0.0580 e. The molecule has 1 nitrogen and oxygen atoms in total. The Bertz CT molecular complexity index is 302. The number of unbranched alkanes of at least 4 members (excludes halogenated alkanes) is 2. The molecule has 88 valence electrons. The first-order valence-electron chi connectivity index (χ1n) is 6.15. The van der Waals surface area contributed by atoms with Crippen molar-refractivity contribution in [1.29, 1.82) is 0 Å². The second-order valence-electron chi connectivity index (χ2n) is 4.32. The van der Waals surface area contributed by atoms with Gasteiger partial charge in [-0.25, -0.2) is 0 Å². The van der Waals surface area contributed by atoms with Gasteiger partial charge in [0.1, 0.15) is 0 Å². The molecule has 0 aliphatic rings. The molecule has 0 aromatic heterocycles. The Morgan fingerprint density at radius 2 is 1.94 bits per heavy atom. The molecule has 0 fully saturated rings. The highest BCUT2D eigenvalue weighted by molar-refractivity contribution is 5.63. The van der Waals surface area contributed by atoms with Crippen molar-refractivity contribution >= 4 is 5.57 Å². The van der Waals surface area contributed by atoms with Crippen LogP contribution in [0.25, 0.3) is 5.57 Å². The number of hydrogen-bond donors (Lipinski definition) is 1. The first-order valence-corrected chi connectivity index (χ1v) is 6.15. The molecule has 1 N–H and O–H groups in total. The predicted molar refractivity (Wildman–Crippen MR) is 70.2 cm³/mol. The van der Waals surface area contributed by atoms with Gasteiger partial charge in [0.15, 0.2) is 0 Å². The van der Waals surface area contributed by atoms with Crippen molar-refractivity contribution in [3.05, 3.63) is 42.5 Å². The fourth-order valence-electron chi connectivity index (χ4n) is 1.81. The zero-order valence-electron chi connectivity index (χ0n) is 10.2. The molecular weight excluding hydrogens is 196 g/mol. The van der Waals surface area contributed by atoms with Crippen molar-refractivity contribution in [1.82, 2.24) is 0 Å². The molecule has 1 atom stereocenters. The van der Waals surface area contributed by atoms with E-state index in [2.05, 4.69) is 13.5 Å². The summed E-state index contributed by atoms with van der Waals surface area (Å²) >= 11 is 0. The van der Waals surface area contributed by atoms with Crippen molar-refractivity contribution in [2.45, 2.75) is 45.1 Å². The van der Waals surface area contributed by atoms with Crippen LogP contribution in [-0.4, -0.2) is 11.2 Å². The Hall–Kier alpha value is -1.08. The van der Waals surface area contributed by atoms with Crippen LogP contribution < -0.4 is 0 Å². The largest absolute Gasteiger partial charge is 0.393 e. The quantitative estimate of drug-likeness (QED) is 0.685. The van der Waals surface area contributed by atoms with Gasteiger partial charge in [-0.2, -0.15) is 0 Å². The summed E-state index contributed by atoms with van der Waals surface area (Å²) in [6, 6.07) is 10.1. The van der Waals surface area contributed by atoms with Gasteiger partial charge >= 0.3 is 0 Å². The molecule has 0 radical (unpaired) electrons. The Kier molecular flexibility index (Phi) is 5.87. The summed E-state index contributed by atoms with van der Waals surface area (Å²) in [6.07, 6.45) is 4.85. The van der Waals surface area contributed by atoms with E-state index < -0.39 is 0 Å². The molecule has 16 heavy (non-hydrogen) atoms. The Balaban J connectivity index is 2.34. The number of hydrogen-bond acceptors (Lipinski definition) is 1. The van der Waals surface area contributed by atoms with E-state index in [0.717, 1.165) is 24.0 Å². The van der Waals surface area contributed by atoms with Gasteiger partial charge in [-0.05, 0) is 24.0 Å². The van der Waals surface area contributed by atoms with Crippen molar-refractivity contribution < 1.29 is 5.11 Å². The summed E-state index contributed by atoms with van der Waals surface area (Å²) in [5, 5.41) is 9.85. The number of rotatable bonds is 7. The fourth-order valence-corrected chi connectivity index (χ4v) is 1.81. The fraction of sp³-hybridized carbons (Fsp3) is 0.467. The maximum absolute atomic E-state index is 9.85. The van der Waals surface area contributed by atoms with Gasteiger partial charge in [0, 0.05) is 0 Å². The van der Waals surface area contributed by atoms with Crippen LogP contribution in [0.5, 0.6) is 0 Å². The molecule has 1 heteroatoms. The van der Waals surface area contributed by atoms with Gasteiger partial charge in [0.25, 0.3) is 0 Å². The molecule has 1 rings (SSSR count). The van der Waals surface area contributed by atoms with E-state index in [4.69, 9.17) is 0 Å². The lowest BCUT2D eigenvalue weighted by atomic mass is 9.99. The molecule has 0 amide bonds. The lowest BCUT2D eigenvalue weighted by Crippen LogP contribution is -2.06. The van der Waals surface area contributed by atoms with Crippen LogP contribution in [0.4, 0.5) is 0 Å². The van der Waals surface area contributed by atoms with E-state index in [1.54, 1.807) is 0 Å². The number of benzene rings is 1. The highest BCUT2D eigenvalue weighted by Crippen LogP contribution is 2.19. The number of aliphatic hydroxyl groups excluding tert-OH is 1. The molecule has 0 saturated carbocycles.